The average molecular weight is 563 g/mol. The maximum absolute atomic E-state index is 15.1. The van der Waals surface area contributed by atoms with Crippen LogP contribution >= 0.6 is 0 Å². The van der Waals surface area contributed by atoms with Gasteiger partial charge in [0.25, 0.3) is 0 Å². The number of hydrogen-bond acceptors (Lipinski definition) is 6. The third kappa shape index (κ3) is 5.96. The lowest BCUT2D eigenvalue weighted by Crippen LogP contribution is -2.64. The fourth-order valence-corrected chi connectivity index (χ4v) is 6.01. The molecule has 1 heterocycles. The molecule has 6 heteroatoms. The number of aliphatic hydroxyl groups is 2. The molecule has 222 valence electrons. The predicted octanol–water partition coefficient (Wildman–Crippen LogP) is 6.89. The molecule has 0 radical (unpaired) electrons. The van der Waals surface area contributed by atoms with Crippen molar-refractivity contribution in [2.45, 2.75) is 99.4 Å². The molecule has 1 saturated carbocycles. The molecular weight excluding hydrogens is 516 g/mol. The monoisotopic (exact) mass is 562 g/mol. The molecule has 1 aliphatic carbocycles. The van der Waals surface area contributed by atoms with Crippen molar-refractivity contribution < 1.29 is 29.3 Å². The van der Waals surface area contributed by atoms with Gasteiger partial charge in [0.1, 0.15) is 17.8 Å². The molecule has 41 heavy (non-hydrogen) atoms. The maximum Gasteiger partial charge on any atom is 0.179 e. The summed E-state index contributed by atoms with van der Waals surface area (Å²) in [5, 5.41) is 23.7. The number of ketones is 3. The zero-order chi connectivity index (χ0) is 30.9. The third-order valence-corrected chi connectivity index (χ3v) is 8.84. The Labute approximate surface area is 244 Å². The highest BCUT2D eigenvalue weighted by Crippen LogP contribution is 2.54. The molecule has 1 aliphatic heterocycles. The van der Waals surface area contributed by atoms with Crippen LogP contribution in [0, 0.1) is 17.3 Å². The van der Waals surface area contributed by atoms with Crippen molar-refractivity contribution in [3.05, 3.63) is 81.7 Å². The largest absolute Gasteiger partial charge is 0.511 e. The Morgan fingerprint density at radius 2 is 1.56 bits per heavy atom. The van der Waals surface area contributed by atoms with Crippen LogP contribution in [-0.4, -0.2) is 39.8 Å². The minimum atomic E-state index is -2.42. The molecule has 6 atom stereocenters. The summed E-state index contributed by atoms with van der Waals surface area (Å²) in [6, 6.07) is 8.16. The van der Waals surface area contributed by atoms with E-state index in [0.29, 0.717) is 6.42 Å². The van der Waals surface area contributed by atoms with E-state index < -0.39 is 52.4 Å². The van der Waals surface area contributed by atoms with E-state index in [1.54, 1.807) is 37.3 Å². The van der Waals surface area contributed by atoms with Crippen molar-refractivity contribution >= 4 is 17.3 Å². The SMILES string of the molecule is CC(=O)[C@@](O)(c1ccccc1)[C@@H]1C(=O)C2=C(O)[C@H](C)[C@@H](C)O[C@H]2[C@](CC=C(C)C)(CC(CC=C(C)C)=C(C)C)C1=O. The van der Waals surface area contributed by atoms with Gasteiger partial charge in [0.2, 0.25) is 0 Å². The summed E-state index contributed by atoms with van der Waals surface area (Å²) in [6.45, 7) is 16.7. The number of carbonyl (C=O) groups is 3. The minimum Gasteiger partial charge on any atom is -0.511 e. The van der Waals surface area contributed by atoms with E-state index in [2.05, 4.69) is 6.08 Å². The lowest BCUT2D eigenvalue weighted by atomic mass is 9.54. The van der Waals surface area contributed by atoms with E-state index in [-0.39, 0.29) is 29.7 Å². The fraction of sp³-hybridized carbons (Fsp3) is 0.514. The van der Waals surface area contributed by atoms with Crippen LogP contribution in [0.1, 0.15) is 87.1 Å². The molecule has 0 aromatic heterocycles. The normalized spacial score (nSPS) is 27.5. The summed E-state index contributed by atoms with van der Waals surface area (Å²) in [5.74, 6) is -4.40. The Bertz CT molecular complexity index is 1320. The number of benzene rings is 1. The lowest BCUT2D eigenvalue weighted by Gasteiger charge is -2.52. The zero-order valence-electron chi connectivity index (χ0n) is 26.0. The summed E-state index contributed by atoms with van der Waals surface area (Å²) >= 11 is 0. The summed E-state index contributed by atoms with van der Waals surface area (Å²) in [5.41, 5.74) is 0.550. The van der Waals surface area contributed by atoms with E-state index in [0.717, 1.165) is 22.3 Å². The second-order valence-electron chi connectivity index (χ2n) is 12.6. The van der Waals surface area contributed by atoms with Crippen LogP contribution in [0.25, 0.3) is 0 Å². The number of rotatable bonds is 9. The second kappa shape index (κ2) is 12.4. The van der Waals surface area contributed by atoms with Crippen molar-refractivity contribution in [3.8, 4) is 0 Å². The van der Waals surface area contributed by atoms with Crippen LogP contribution in [0.2, 0.25) is 0 Å². The molecule has 1 fully saturated rings. The topological polar surface area (TPSA) is 101 Å². The highest BCUT2D eigenvalue weighted by molar-refractivity contribution is 6.20. The lowest BCUT2D eigenvalue weighted by molar-refractivity contribution is -0.175. The summed E-state index contributed by atoms with van der Waals surface area (Å²) in [4.78, 5) is 42.7. The first-order valence-corrected chi connectivity index (χ1v) is 14.5. The number of aliphatic hydroxyl groups excluding tert-OH is 1. The third-order valence-electron chi connectivity index (χ3n) is 8.84. The minimum absolute atomic E-state index is 0.00622. The molecule has 1 aromatic rings. The Morgan fingerprint density at radius 3 is 2.07 bits per heavy atom. The van der Waals surface area contributed by atoms with E-state index in [9.17, 15) is 19.8 Å². The zero-order valence-corrected chi connectivity index (χ0v) is 26.0. The first kappa shape index (κ1) is 32.4. The second-order valence-corrected chi connectivity index (χ2v) is 12.6. The van der Waals surface area contributed by atoms with Crippen LogP contribution in [0.5, 0.6) is 0 Å². The smallest absolute Gasteiger partial charge is 0.179 e. The van der Waals surface area contributed by atoms with Gasteiger partial charge in [-0.05, 0) is 80.2 Å². The van der Waals surface area contributed by atoms with Crippen molar-refractivity contribution in [1.29, 1.82) is 0 Å². The molecule has 2 aliphatic rings. The molecule has 6 nitrogen and oxygen atoms in total. The molecule has 0 saturated heterocycles. The molecular formula is C35H46O6. The van der Waals surface area contributed by atoms with Gasteiger partial charge in [-0.15, -0.1) is 0 Å². The van der Waals surface area contributed by atoms with Gasteiger partial charge >= 0.3 is 0 Å². The highest BCUT2D eigenvalue weighted by atomic mass is 16.5. The Balaban J connectivity index is 2.43. The molecule has 0 unspecified atom stereocenters. The molecule has 1 aromatic carbocycles. The van der Waals surface area contributed by atoms with Crippen molar-refractivity contribution in [1.82, 2.24) is 0 Å². The van der Waals surface area contributed by atoms with E-state index in [1.807, 2.05) is 54.5 Å². The predicted molar refractivity (Wildman–Crippen MR) is 161 cm³/mol. The van der Waals surface area contributed by atoms with Crippen LogP contribution < -0.4 is 0 Å². The molecule has 0 bridgehead atoms. The summed E-state index contributed by atoms with van der Waals surface area (Å²) in [6.07, 6.45) is 3.63. The molecule has 0 amide bonds. The standard InChI is InChI=1S/C35H46O6/c1-20(2)15-16-26(22(5)6)19-34(18-17-21(3)4)32(39)29(35(40,25(9)36)27-13-11-10-12-14-27)31(38)28-30(37)23(7)24(8)41-33(28)34/h10-15,17,23-24,29,33,37,40H,16,18-19H2,1-9H3/t23-,24-,29-,33-,34-,35-/m1/s1. The van der Waals surface area contributed by atoms with Gasteiger partial charge < -0.3 is 14.9 Å². The van der Waals surface area contributed by atoms with E-state index in [1.165, 1.54) is 6.92 Å². The van der Waals surface area contributed by atoms with Crippen molar-refractivity contribution in [2.24, 2.45) is 17.3 Å². The summed E-state index contributed by atoms with van der Waals surface area (Å²) < 4.78 is 6.50. The maximum atomic E-state index is 15.1. The van der Waals surface area contributed by atoms with E-state index >= 15 is 4.79 Å². The van der Waals surface area contributed by atoms with Crippen LogP contribution in [0.3, 0.4) is 0 Å². The van der Waals surface area contributed by atoms with Crippen LogP contribution in [-0.2, 0) is 24.7 Å². The highest BCUT2D eigenvalue weighted by Gasteiger charge is 2.65. The van der Waals surface area contributed by atoms with Gasteiger partial charge in [-0.3, -0.25) is 14.4 Å². The van der Waals surface area contributed by atoms with Crippen LogP contribution in [0.15, 0.2) is 76.1 Å². The van der Waals surface area contributed by atoms with Gasteiger partial charge in [0.15, 0.2) is 23.0 Å². The first-order valence-electron chi connectivity index (χ1n) is 14.5. The number of hydrogen-bond donors (Lipinski definition) is 2. The molecule has 3 rings (SSSR count). The van der Waals surface area contributed by atoms with Gasteiger partial charge in [-0.2, -0.15) is 0 Å². The van der Waals surface area contributed by atoms with Crippen LogP contribution in [0.4, 0.5) is 0 Å². The number of allylic oxidation sites excluding steroid dienone is 6. The van der Waals surface area contributed by atoms with Gasteiger partial charge in [0, 0.05) is 5.92 Å². The fourth-order valence-electron chi connectivity index (χ4n) is 6.01. The van der Waals surface area contributed by atoms with E-state index in [4.69, 9.17) is 4.74 Å². The number of carbonyl (C=O) groups excluding carboxylic acids is 3. The number of fused-ring (bicyclic) bond motifs is 1. The van der Waals surface area contributed by atoms with Gasteiger partial charge in [-0.25, -0.2) is 0 Å². The molecule has 2 N–H and O–H groups in total. The number of ether oxygens (including phenoxy) is 1. The Hall–Kier alpha value is -3.09. The average Bonchev–Trinajstić information content (AvgIpc) is 2.90. The summed E-state index contributed by atoms with van der Waals surface area (Å²) in [7, 11) is 0. The van der Waals surface area contributed by atoms with Gasteiger partial charge in [-0.1, -0.05) is 71.7 Å². The van der Waals surface area contributed by atoms with Gasteiger partial charge in [0.05, 0.1) is 17.1 Å². The first-order chi connectivity index (χ1) is 19.1. The molecule has 0 spiro atoms. The quantitative estimate of drug-likeness (QED) is 0.251. The Kier molecular flexibility index (Phi) is 9.82. The Morgan fingerprint density at radius 1 is 0.976 bits per heavy atom. The van der Waals surface area contributed by atoms with Crippen molar-refractivity contribution in [3.63, 3.8) is 0 Å². The van der Waals surface area contributed by atoms with Crippen molar-refractivity contribution in [2.75, 3.05) is 0 Å². The number of Topliss-reactive ketones (excluding diaryl/α,β-unsaturated/α-hetero) is 3.